The van der Waals surface area contributed by atoms with Crippen molar-refractivity contribution in [2.75, 3.05) is 11.8 Å². The third kappa shape index (κ3) is 3.30. The molecule has 1 atom stereocenters. The number of nitrogens with one attached hydrogen (secondary N) is 1. The van der Waals surface area contributed by atoms with Crippen molar-refractivity contribution in [3.63, 3.8) is 0 Å². The van der Waals surface area contributed by atoms with Crippen molar-refractivity contribution >= 4 is 28.0 Å². The van der Waals surface area contributed by atoms with E-state index in [0.717, 1.165) is 7.11 Å². The van der Waals surface area contributed by atoms with E-state index < -0.39 is 21.2 Å². The molecule has 0 aliphatic heterocycles. The number of hydrogen-bond acceptors (Lipinski definition) is 5. The second-order valence-corrected chi connectivity index (χ2v) is 5.56. The van der Waals surface area contributed by atoms with Crippen LogP contribution >= 0.6 is 0 Å². The molecule has 0 amide bonds. The highest BCUT2D eigenvalue weighted by atomic mass is 32.2. The summed E-state index contributed by atoms with van der Waals surface area (Å²) >= 11 is 0. The number of sulfonamides is 1. The second kappa shape index (κ2) is 5.63. The van der Waals surface area contributed by atoms with Crippen LogP contribution in [0, 0.1) is 0 Å². The summed E-state index contributed by atoms with van der Waals surface area (Å²) in [7, 11) is -2.78. The molecule has 0 bridgehead atoms. The molecule has 98 valence electrons. The maximum absolute atomic E-state index is 11.8. The molecule has 1 unspecified atom stereocenters. The van der Waals surface area contributed by atoms with E-state index in [-0.39, 0.29) is 5.69 Å². The highest BCUT2D eigenvalue weighted by Gasteiger charge is 2.28. The van der Waals surface area contributed by atoms with E-state index in [4.69, 9.17) is 0 Å². The van der Waals surface area contributed by atoms with Gasteiger partial charge >= 0.3 is 5.97 Å². The van der Waals surface area contributed by atoms with Gasteiger partial charge in [0.15, 0.2) is 5.25 Å². The Labute approximate surface area is 105 Å². The summed E-state index contributed by atoms with van der Waals surface area (Å²) in [5.74, 6) is -0.853. The number of carbonyl (C=O) groups is 2. The second-order valence-electron chi connectivity index (χ2n) is 3.56. The lowest BCUT2D eigenvalue weighted by Gasteiger charge is -2.12. The molecule has 1 rings (SSSR count). The van der Waals surface area contributed by atoms with Gasteiger partial charge in [-0.25, -0.2) is 8.42 Å². The Kier molecular flexibility index (Phi) is 4.43. The molecular weight excluding hydrogens is 258 g/mol. The van der Waals surface area contributed by atoms with E-state index in [1.165, 1.54) is 31.2 Å². The Bertz CT molecular complexity index is 552. The molecule has 0 saturated heterocycles. The lowest BCUT2D eigenvalue weighted by molar-refractivity contribution is -0.139. The van der Waals surface area contributed by atoms with Crippen LogP contribution in [0.2, 0.25) is 0 Å². The predicted molar refractivity (Wildman–Crippen MR) is 65.9 cm³/mol. The van der Waals surface area contributed by atoms with Crippen molar-refractivity contribution in [2.45, 2.75) is 12.2 Å². The Morgan fingerprint density at radius 1 is 1.44 bits per heavy atom. The number of ether oxygens (including phenoxy) is 1. The summed E-state index contributed by atoms with van der Waals surface area (Å²) in [5.41, 5.74) is 0.552. The van der Waals surface area contributed by atoms with Crippen molar-refractivity contribution < 1.29 is 22.7 Å². The molecule has 1 N–H and O–H groups in total. The molecule has 1 aromatic carbocycles. The third-order valence-corrected chi connectivity index (χ3v) is 3.92. The van der Waals surface area contributed by atoms with Gasteiger partial charge in [0.05, 0.1) is 7.11 Å². The van der Waals surface area contributed by atoms with Crippen molar-refractivity contribution in [1.82, 2.24) is 0 Å². The zero-order chi connectivity index (χ0) is 13.8. The van der Waals surface area contributed by atoms with Crippen LogP contribution in [0.15, 0.2) is 24.3 Å². The average molecular weight is 271 g/mol. The van der Waals surface area contributed by atoms with E-state index in [0.29, 0.717) is 11.8 Å². The van der Waals surface area contributed by atoms with Crippen LogP contribution in [0.3, 0.4) is 0 Å². The number of anilines is 1. The molecule has 0 heterocycles. The van der Waals surface area contributed by atoms with Gasteiger partial charge in [0.2, 0.25) is 10.0 Å². The minimum atomic E-state index is -3.89. The molecule has 18 heavy (non-hydrogen) atoms. The third-order valence-electron chi connectivity index (χ3n) is 2.28. The summed E-state index contributed by atoms with van der Waals surface area (Å²) in [4.78, 5) is 21.7. The van der Waals surface area contributed by atoms with Crippen molar-refractivity contribution in [1.29, 1.82) is 0 Å². The Balaban J connectivity index is 2.95. The number of rotatable bonds is 5. The highest BCUT2D eigenvalue weighted by molar-refractivity contribution is 7.94. The summed E-state index contributed by atoms with van der Waals surface area (Å²) in [5, 5.41) is -1.33. The zero-order valence-electron chi connectivity index (χ0n) is 9.91. The number of hydrogen-bond donors (Lipinski definition) is 1. The first kappa shape index (κ1) is 14.2. The van der Waals surface area contributed by atoms with Crippen LogP contribution in [0.25, 0.3) is 0 Å². The molecule has 0 aliphatic rings. The highest BCUT2D eigenvalue weighted by Crippen LogP contribution is 2.14. The number of carbonyl (C=O) groups excluding carboxylic acids is 2. The van der Waals surface area contributed by atoms with Gasteiger partial charge in [-0.2, -0.15) is 0 Å². The SMILES string of the molecule is COC(=O)C(C)S(=O)(=O)Nc1cccc(C=O)c1. The maximum Gasteiger partial charge on any atom is 0.325 e. The van der Waals surface area contributed by atoms with E-state index in [1.807, 2.05) is 0 Å². The number of esters is 1. The molecule has 1 aromatic rings. The quantitative estimate of drug-likeness (QED) is 0.632. The molecule has 7 heteroatoms. The first-order chi connectivity index (χ1) is 8.40. The molecule has 0 fully saturated rings. The number of methoxy groups -OCH3 is 1. The number of benzene rings is 1. The fraction of sp³-hybridized carbons (Fsp3) is 0.273. The van der Waals surface area contributed by atoms with Gasteiger partial charge in [-0.05, 0) is 19.1 Å². The largest absolute Gasteiger partial charge is 0.468 e. The van der Waals surface area contributed by atoms with E-state index in [9.17, 15) is 18.0 Å². The standard InChI is InChI=1S/C11H13NO5S/c1-8(11(14)17-2)18(15,16)12-10-5-3-4-9(6-10)7-13/h3-8,12H,1-2H3. The summed E-state index contributed by atoms with van der Waals surface area (Å²) in [6.45, 7) is 1.22. The smallest absolute Gasteiger partial charge is 0.325 e. The molecule has 6 nitrogen and oxygen atoms in total. The molecule has 0 aliphatic carbocycles. The van der Waals surface area contributed by atoms with Gasteiger partial charge in [0.1, 0.15) is 6.29 Å². The van der Waals surface area contributed by atoms with Crippen LogP contribution in [-0.4, -0.2) is 33.0 Å². The Hall–Kier alpha value is -1.89. The van der Waals surface area contributed by atoms with Crippen molar-refractivity contribution in [3.8, 4) is 0 Å². The van der Waals surface area contributed by atoms with Crippen LogP contribution in [-0.2, 0) is 19.6 Å². The minimum absolute atomic E-state index is 0.218. The molecule has 0 aromatic heterocycles. The van der Waals surface area contributed by atoms with E-state index in [1.54, 1.807) is 0 Å². The molecular formula is C11H13NO5S. The fourth-order valence-electron chi connectivity index (χ4n) is 1.22. The normalized spacial score (nSPS) is 12.6. The van der Waals surface area contributed by atoms with Crippen LogP contribution < -0.4 is 4.72 Å². The number of aldehydes is 1. The predicted octanol–water partition coefficient (Wildman–Crippen LogP) is 0.802. The zero-order valence-corrected chi connectivity index (χ0v) is 10.7. The fourth-order valence-corrected chi connectivity index (χ4v) is 2.20. The average Bonchev–Trinajstić information content (AvgIpc) is 2.36. The first-order valence-electron chi connectivity index (χ1n) is 5.05. The molecule has 0 radical (unpaired) electrons. The summed E-state index contributed by atoms with van der Waals surface area (Å²) < 4.78 is 30.2. The van der Waals surface area contributed by atoms with Gasteiger partial charge in [0, 0.05) is 11.3 Å². The lowest BCUT2D eigenvalue weighted by Crippen LogP contribution is -2.33. The van der Waals surface area contributed by atoms with Crippen LogP contribution in [0.1, 0.15) is 17.3 Å². The Morgan fingerprint density at radius 3 is 2.67 bits per heavy atom. The summed E-state index contributed by atoms with van der Waals surface area (Å²) in [6.07, 6.45) is 0.599. The molecule has 0 spiro atoms. The Morgan fingerprint density at radius 2 is 2.11 bits per heavy atom. The lowest BCUT2D eigenvalue weighted by atomic mass is 10.2. The molecule has 0 saturated carbocycles. The monoisotopic (exact) mass is 271 g/mol. The van der Waals surface area contributed by atoms with Gasteiger partial charge in [-0.1, -0.05) is 12.1 Å². The first-order valence-corrected chi connectivity index (χ1v) is 6.60. The van der Waals surface area contributed by atoms with Crippen LogP contribution in [0.4, 0.5) is 5.69 Å². The topological polar surface area (TPSA) is 89.5 Å². The van der Waals surface area contributed by atoms with Crippen molar-refractivity contribution in [2.24, 2.45) is 0 Å². The maximum atomic E-state index is 11.8. The van der Waals surface area contributed by atoms with E-state index >= 15 is 0 Å². The minimum Gasteiger partial charge on any atom is -0.468 e. The van der Waals surface area contributed by atoms with Crippen LogP contribution in [0.5, 0.6) is 0 Å². The van der Waals surface area contributed by atoms with Gasteiger partial charge in [-0.3, -0.25) is 14.3 Å². The summed E-state index contributed by atoms with van der Waals surface area (Å²) in [6, 6.07) is 5.92. The van der Waals surface area contributed by atoms with Gasteiger partial charge < -0.3 is 4.74 Å². The van der Waals surface area contributed by atoms with Crippen molar-refractivity contribution in [3.05, 3.63) is 29.8 Å². The van der Waals surface area contributed by atoms with Gasteiger partial charge in [0.25, 0.3) is 0 Å². The van der Waals surface area contributed by atoms with Gasteiger partial charge in [-0.15, -0.1) is 0 Å². The van der Waals surface area contributed by atoms with E-state index in [2.05, 4.69) is 9.46 Å².